The molecular formula is C25H37BrN2O6. The number of fused-ring (bicyclic) bond motifs is 1. The summed E-state index contributed by atoms with van der Waals surface area (Å²) >= 11 is 3.65. The van der Waals surface area contributed by atoms with Gasteiger partial charge in [0.25, 0.3) is 0 Å². The van der Waals surface area contributed by atoms with Crippen molar-refractivity contribution in [2.45, 2.75) is 74.6 Å². The van der Waals surface area contributed by atoms with Crippen LogP contribution in [-0.2, 0) is 23.9 Å². The third kappa shape index (κ3) is 4.58. The molecule has 1 N–H and O–H groups in total. The number of alkyl halides is 1. The van der Waals surface area contributed by atoms with Gasteiger partial charge in [0, 0.05) is 30.1 Å². The van der Waals surface area contributed by atoms with Gasteiger partial charge in [-0.2, -0.15) is 0 Å². The van der Waals surface area contributed by atoms with Crippen LogP contribution in [0.3, 0.4) is 0 Å². The number of esters is 1. The van der Waals surface area contributed by atoms with E-state index in [4.69, 9.17) is 14.6 Å². The molecule has 3 heterocycles. The van der Waals surface area contributed by atoms with Crippen LogP contribution in [-0.4, -0.2) is 87.1 Å². The molecule has 8 nitrogen and oxygen atoms in total. The molecule has 0 aromatic carbocycles. The number of unbranched alkanes of at least 4 members (excludes halogenated alkanes) is 2. The summed E-state index contributed by atoms with van der Waals surface area (Å²) < 4.78 is 11.8. The van der Waals surface area contributed by atoms with E-state index in [1.807, 2.05) is 20.8 Å². The van der Waals surface area contributed by atoms with E-state index in [0.717, 1.165) is 6.42 Å². The summed E-state index contributed by atoms with van der Waals surface area (Å²) in [5, 5.41) is 9.15. The Kier molecular flexibility index (Phi) is 8.30. The van der Waals surface area contributed by atoms with Crippen molar-refractivity contribution in [2.75, 3.05) is 26.3 Å². The van der Waals surface area contributed by atoms with Crippen LogP contribution in [0.5, 0.6) is 0 Å². The van der Waals surface area contributed by atoms with Gasteiger partial charge in [0.1, 0.15) is 18.2 Å². The zero-order valence-corrected chi connectivity index (χ0v) is 22.0. The average molecular weight is 541 g/mol. The number of rotatable bonds is 11. The number of nitrogens with zero attached hydrogens (tertiary/aromatic N) is 2. The van der Waals surface area contributed by atoms with Gasteiger partial charge in [-0.25, -0.2) is 0 Å². The molecule has 0 aromatic heterocycles. The number of carbonyl (C=O) groups excluding carboxylic acids is 3. The summed E-state index contributed by atoms with van der Waals surface area (Å²) in [6, 6.07) is -0.847. The molecule has 3 rings (SSSR count). The van der Waals surface area contributed by atoms with Crippen molar-refractivity contribution in [1.82, 2.24) is 9.80 Å². The fourth-order valence-electron chi connectivity index (χ4n) is 5.70. The molecule has 3 aliphatic heterocycles. The molecule has 0 aliphatic carbocycles. The van der Waals surface area contributed by atoms with Crippen molar-refractivity contribution in [3.05, 3.63) is 25.3 Å². The van der Waals surface area contributed by atoms with Crippen LogP contribution in [0.2, 0.25) is 0 Å². The smallest absolute Gasteiger partial charge is 0.312 e. The van der Waals surface area contributed by atoms with Crippen molar-refractivity contribution >= 4 is 33.7 Å². The molecular weight excluding hydrogens is 504 g/mol. The number of likely N-dealkylation sites (tertiary alicyclic amines) is 1. The lowest BCUT2D eigenvalue weighted by Crippen LogP contribution is -2.60. The van der Waals surface area contributed by atoms with Gasteiger partial charge in [-0.1, -0.05) is 34.7 Å². The number of halogens is 1. The summed E-state index contributed by atoms with van der Waals surface area (Å²) in [5.74, 6) is -2.50. The summed E-state index contributed by atoms with van der Waals surface area (Å²) in [6.07, 6.45) is 5.07. The van der Waals surface area contributed by atoms with E-state index in [-0.39, 0.29) is 29.9 Å². The Morgan fingerprint density at radius 1 is 1.29 bits per heavy atom. The van der Waals surface area contributed by atoms with Gasteiger partial charge in [0.15, 0.2) is 0 Å². The first-order valence-corrected chi connectivity index (χ1v) is 12.9. The maximum absolute atomic E-state index is 14.1. The Morgan fingerprint density at radius 2 is 2.00 bits per heavy atom. The molecule has 1 spiro atoms. The van der Waals surface area contributed by atoms with Crippen LogP contribution in [0.25, 0.3) is 0 Å². The standard InChI is InChI=1S/C25H37BrN2O6/c1-6-11-28(24(3,4)5)22(31)20-25-15-16(26)19(34-25)17(23(32)33-14-7-2)18(25)21(30)27(20)12-9-8-10-13-29/h6-7,16-20,29H,1-2,8-15H2,3-5H3/t16?,17-,18-,19-,20?,25?/m0/s1. The monoisotopic (exact) mass is 540 g/mol. The first-order valence-electron chi connectivity index (χ1n) is 12.0. The van der Waals surface area contributed by atoms with Crippen LogP contribution in [0.15, 0.2) is 25.3 Å². The predicted octanol–water partition coefficient (Wildman–Crippen LogP) is 2.44. The molecule has 0 radical (unpaired) electrons. The van der Waals surface area contributed by atoms with Crippen molar-refractivity contribution in [3.63, 3.8) is 0 Å². The molecule has 3 saturated heterocycles. The number of ether oxygens (including phenoxy) is 2. The third-order valence-electron chi connectivity index (χ3n) is 7.08. The first-order chi connectivity index (χ1) is 16.0. The number of amides is 2. The highest BCUT2D eigenvalue weighted by Crippen LogP contribution is 2.60. The second-order valence-electron chi connectivity index (χ2n) is 10.3. The minimum Gasteiger partial charge on any atom is -0.461 e. The number of hydrogen-bond acceptors (Lipinski definition) is 6. The van der Waals surface area contributed by atoms with Gasteiger partial charge in [0.2, 0.25) is 11.8 Å². The maximum atomic E-state index is 14.1. The summed E-state index contributed by atoms with van der Waals surface area (Å²) in [4.78, 5) is 44.1. The Morgan fingerprint density at radius 3 is 2.59 bits per heavy atom. The average Bonchev–Trinajstić information content (AvgIpc) is 3.35. The maximum Gasteiger partial charge on any atom is 0.312 e. The quantitative estimate of drug-likeness (QED) is 0.187. The molecule has 34 heavy (non-hydrogen) atoms. The Hall–Kier alpha value is -1.71. The zero-order valence-electron chi connectivity index (χ0n) is 20.4. The lowest BCUT2D eigenvalue weighted by molar-refractivity contribution is -0.154. The lowest BCUT2D eigenvalue weighted by atomic mass is 9.70. The van der Waals surface area contributed by atoms with Crippen LogP contribution in [0.4, 0.5) is 0 Å². The van der Waals surface area contributed by atoms with Gasteiger partial charge >= 0.3 is 5.97 Å². The van der Waals surface area contributed by atoms with Crippen LogP contribution in [0, 0.1) is 11.8 Å². The topological polar surface area (TPSA) is 96.4 Å². The van der Waals surface area contributed by atoms with Gasteiger partial charge in [-0.3, -0.25) is 14.4 Å². The molecule has 0 saturated carbocycles. The largest absolute Gasteiger partial charge is 0.461 e. The van der Waals surface area contributed by atoms with E-state index in [2.05, 4.69) is 29.1 Å². The molecule has 2 amide bonds. The summed E-state index contributed by atoms with van der Waals surface area (Å²) in [7, 11) is 0. The normalized spacial score (nSPS) is 32.0. The number of aliphatic hydroxyl groups is 1. The van der Waals surface area contributed by atoms with E-state index in [1.54, 1.807) is 15.9 Å². The molecule has 9 heteroatoms. The summed E-state index contributed by atoms with van der Waals surface area (Å²) in [6.45, 7) is 14.0. The van der Waals surface area contributed by atoms with Crippen LogP contribution in [0.1, 0.15) is 46.5 Å². The van der Waals surface area contributed by atoms with Crippen molar-refractivity contribution in [3.8, 4) is 0 Å². The Bertz CT molecular complexity index is 827. The fourth-order valence-corrected chi connectivity index (χ4v) is 6.64. The number of aliphatic hydroxyl groups excluding tert-OH is 1. The molecule has 0 aromatic rings. The summed E-state index contributed by atoms with van der Waals surface area (Å²) in [5.41, 5.74) is -1.61. The fraction of sp³-hybridized carbons (Fsp3) is 0.720. The molecule has 3 unspecified atom stereocenters. The van der Waals surface area contributed by atoms with Gasteiger partial charge < -0.3 is 24.4 Å². The Labute approximate surface area is 210 Å². The highest BCUT2D eigenvalue weighted by atomic mass is 79.9. The van der Waals surface area contributed by atoms with Crippen LogP contribution >= 0.6 is 15.9 Å². The van der Waals surface area contributed by atoms with Crippen molar-refractivity contribution in [1.29, 1.82) is 0 Å². The van der Waals surface area contributed by atoms with Crippen molar-refractivity contribution in [2.24, 2.45) is 11.8 Å². The minimum atomic E-state index is -1.10. The lowest BCUT2D eigenvalue weighted by Gasteiger charge is -2.42. The molecule has 3 aliphatic rings. The predicted molar refractivity (Wildman–Crippen MR) is 131 cm³/mol. The van der Waals surface area contributed by atoms with Crippen molar-refractivity contribution < 1.29 is 29.0 Å². The SMILES string of the molecule is C=CCOC(=O)[C@H]1[C@H]2C(=O)N(CCCCCO)C(C(=O)N(CC=C)C(C)(C)C)C23CC(Br)[C@@H]1O3. The molecule has 190 valence electrons. The van der Waals surface area contributed by atoms with Crippen LogP contribution < -0.4 is 0 Å². The first kappa shape index (κ1) is 26.9. The van der Waals surface area contributed by atoms with E-state index in [9.17, 15) is 14.4 Å². The minimum absolute atomic E-state index is 0.0489. The van der Waals surface area contributed by atoms with E-state index in [0.29, 0.717) is 32.4 Å². The Balaban J connectivity index is 2.03. The number of carbonyl (C=O) groups is 3. The number of hydrogen-bond donors (Lipinski definition) is 1. The zero-order chi connectivity index (χ0) is 25.3. The second-order valence-corrected chi connectivity index (χ2v) is 11.5. The highest BCUT2D eigenvalue weighted by molar-refractivity contribution is 9.09. The van der Waals surface area contributed by atoms with E-state index >= 15 is 0 Å². The highest BCUT2D eigenvalue weighted by Gasteiger charge is 2.77. The van der Waals surface area contributed by atoms with E-state index in [1.165, 1.54) is 6.08 Å². The van der Waals surface area contributed by atoms with Gasteiger partial charge in [0.05, 0.1) is 17.9 Å². The van der Waals surface area contributed by atoms with Gasteiger partial charge in [-0.15, -0.1) is 6.58 Å². The third-order valence-corrected chi connectivity index (χ3v) is 7.93. The molecule has 3 fully saturated rings. The molecule has 6 atom stereocenters. The van der Waals surface area contributed by atoms with Gasteiger partial charge in [-0.05, 0) is 46.5 Å². The second kappa shape index (κ2) is 10.5. The van der Waals surface area contributed by atoms with E-state index < -0.39 is 41.1 Å². The molecule has 2 bridgehead atoms.